The first-order chi connectivity index (χ1) is 14.0. The SMILES string of the molecule is CCCCCCc1nc2ccccc2cc1/C=C/C(O)C(O)CCCC(=O)OC. The first kappa shape index (κ1) is 23.0. The third kappa shape index (κ3) is 7.59. The molecule has 0 aliphatic rings. The number of unbranched alkanes of at least 4 members (excludes halogenated alkanes) is 3. The van der Waals surface area contributed by atoms with E-state index in [1.165, 1.54) is 26.4 Å². The summed E-state index contributed by atoms with van der Waals surface area (Å²) in [5.41, 5.74) is 2.96. The number of aromatic nitrogens is 1. The second-order valence-corrected chi connectivity index (χ2v) is 7.41. The molecule has 5 heteroatoms. The smallest absolute Gasteiger partial charge is 0.305 e. The number of nitrogens with zero attached hydrogens (tertiary/aromatic N) is 1. The van der Waals surface area contributed by atoms with Gasteiger partial charge < -0.3 is 14.9 Å². The van der Waals surface area contributed by atoms with Crippen LogP contribution in [0.4, 0.5) is 0 Å². The highest BCUT2D eigenvalue weighted by atomic mass is 16.5. The van der Waals surface area contributed by atoms with Crippen LogP contribution in [0.3, 0.4) is 0 Å². The minimum atomic E-state index is -0.993. The molecule has 0 saturated heterocycles. The summed E-state index contributed by atoms with van der Waals surface area (Å²) in [5.74, 6) is -0.308. The summed E-state index contributed by atoms with van der Waals surface area (Å²) < 4.78 is 4.59. The number of esters is 1. The van der Waals surface area contributed by atoms with Crippen molar-refractivity contribution in [3.63, 3.8) is 0 Å². The number of aliphatic hydroxyl groups excluding tert-OH is 2. The molecule has 2 rings (SSSR count). The van der Waals surface area contributed by atoms with Gasteiger partial charge in [-0.3, -0.25) is 9.78 Å². The molecule has 1 aromatic carbocycles. The molecular weight excluding hydrogens is 366 g/mol. The van der Waals surface area contributed by atoms with E-state index in [0.717, 1.165) is 35.0 Å². The molecule has 5 nitrogen and oxygen atoms in total. The Morgan fingerprint density at radius 3 is 2.72 bits per heavy atom. The third-order valence-electron chi connectivity index (χ3n) is 5.08. The summed E-state index contributed by atoms with van der Waals surface area (Å²) in [4.78, 5) is 16.0. The average molecular weight is 400 g/mol. The number of aryl methyl sites for hydroxylation is 1. The zero-order chi connectivity index (χ0) is 21.1. The second kappa shape index (κ2) is 12.3. The van der Waals surface area contributed by atoms with Crippen molar-refractivity contribution in [3.8, 4) is 0 Å². The van der Waals surface area contributed by atoms with Gasteiger partial charge >= 0.3 is 5.97 Å². The number of methoxy groups -OCH3 is 1. The number of ether oxygens (including phenoxy) is 1. The number of benzene rings is 1. The highest BCUT2D eigenvalue weighted by molar-refractivity contribution is 5.81. The molecule has 2 atom stereocenters. The largest absolute Gasteiger partial charge is 0.469 e. The Hall–Kier alpha value is -2.24. The summed E-state index contributed by atoms with van der Waals surface area (Å²) in [6.45, 7) is 2.19. The van der Waals surface area contributed by atoms with E-state index in [1.54, 1.807) is 6.08 Å². The van der Waals surface area contributed by atoms with Gasteiger partial charge in [0.05, 0.1) is 24.8 Å². The molecule has 0 aliphatic heterocycles. The van der Waals surface area contributed by atoms with Crippen molar-refractivity contribution >= 4 is 22.9 Å². The lowest BCUT2D eigenvalue weighted by molar-refractivity contribution is -0.140. The van der Waals surface area contributed by atoms with Crippen molar-refractivity contribution in [2.45, 2.75) is 70.5 Å². The van der Waals surface area contributed by atoms with Crippen LogP contribution in [0.2, 0.25) is 0 Å². The van der Waals surface area contributed by atoms with Crippen molar-refractivity contribution in [2.75, 3.05) is 7.11 Å². The van der Waals surface area contributed by atoms with E-state index in [9.17, 15) is 15.0 Å². The van der Waals surface area contributed by atoms with Crippen molar-refractivity contribution in [3.05, 3.63) is 47.7 Å². The van der Waals surface area contributed by atoms with Gasteiger partial charge in [0.2, 0.25) is 0 Å². The maximum Gasteiger partial charge on any atom is 0.305 e. The number of aliphatic hydroxyl groups is 2. The number of carbonyl (C=O) groups is 1. The predicted molar refractivity (Wildman–Crippen MR) is 117 cm³/mol. The molecule has 2 N–H and O–H groups in total. The van der Waals surface area contributed by atoms with Crippen LogP contribution >= 0.6 is 0 Å². The van der Waals surface area contributed by atoms with Gasteiger partial charge in [-0.1, -0.05) is 56.5 Å². The van der Waals surface area contributed by atoms with Gasteiger partial charge in [0, 0.05) is 17.5 Å². The first-order valence-corrected chi connectivity index (χ1v) is 10.5. The Balaban J connectivity index is 2.07. The van der Waals surface area contributed by atoms with Crippen LogP contribution in [0.25, 0.3) is 17.0 Å². The van der Waals surface area contributed by atoms with Crippen LogP contribution in [0.15, 0.2) is 36.4 Å². The Morgan fingerprint density at radius 2 is 1.97 bits per heavy atom. The van der Waals surface area contributed by atoms with E-state index in [2.05, 4.69) is 17.7 Å². The van der Waals surface area contributed by atoms with Crippen molar-refractivity contribution < 1.29 is 19.7 Å². The monoisotopic (exact) mass is 399 g/mol. The fourth-order valence-electron chi connectivity index (χ4n) is 3.29. The fraction of sp³-hybridized carbons (Fsp3) is 0.500. The zero-order valence-corrected chi connectivity index (χ0v) is 17.5. The molecular formula is C24H33NO4. The van der Waals surface area contributed by atoms with Crippen molar-refractivity contribution in [2.24, 2.45) is 0 Å². The normalized spacial score (nSPS) is 13.7. The molecule has 0 fully saturated rings. The molecule has 158 valence electrons. The molecule has 0 amide bonds. The third-order valence-corrected chi connectivity index (χ3v) is 5.08. The van der Waals surface area contributed by atoms with Crippen LogP contribution in [-0.2, 0) is 16.0 Å². The van der Waals surface area contributed by atoms with Crippen LogP contribution in [0.5, 0.6) is 0 Å². The average Bonchev–Trinajstić information content (AvgIpc) is 2.74. The van der Waals surface area contributed by atoms with Crippen LogP contribution in [0, 0.1) is 0 Å². The maximum absolute atomic E-state index is 11.2. The fourth-order valence-corrected chi connectivity index (χ4v) is 3.29. The highest BCUT2D eigenvalue weighted by Gasteiger charge is 2.14. The Kier molecular flexibility index (Phi) is 9.81. The van der Waals surface area contributed by atoms with Crippen LogP contribution in [-0.4, -0.2) is 40.5 Å². The molecule has 2 unspecified atom stereocenters. The van der Waals surface area contributed by atoms with Crippen LogP contribution < -0.4 is 0 Å². The Bertz CT molecular complexity index is 803. The summed E-state index contributed by atoms with van der Waals surface area (Å²) in [7, 11) is 1.34. The summed E-state index contributed by atoms with van der Waals surface area (Å²) in [5, 5.41) is 21.5. The van der Waals surface area contributed by atoms with E-state index in [-0.39, 0.29) is 12.4 Å². The minimum absolute atomic E-state index is 0.237. The molecule has 0 saturated carbocycles. The minimum Gasteiger partial charge on any atom is -0.469 e. The second-order valence-electron chi connectivity index (χ2n) is 7.41. The number of para-hydroxylation sites is 1. The Labute approximate surface area is 173 Å². The number of hydrogen-bond acceptors (Lipinski definition) is 5. The lowest BCUT2D eigenvalue weighted by Crippen LogP contribution is -2.23. The molecule has 29 heavy (non-hydrogen) atoms. The summed E-state index contributed by atoms with van der Waals surface area (Å²) in [6.07, 6.45) is 8.15. The molecule has 1 aromatic heterocycles. The van der Waals surface area contributed by atoms with E-state index < -0.39 is 12.2 Å². The molecule has 0 spiro atoms. The standard InChI is InChI=1S/C24H33NO4/c1-3-4-5-6-11-21-19(17-18-10-7-8-12-20(18)25-21)15-16-23(27)22(26)13-9-14-24(28)29-2/h7-8,10,12,15-17,22-23,26-27H,3-6,9,11,13-14H2,1-2H3/b16-15+. The summed E-state index contributed by atoms with van der Waals surface area (Å²) in [6, 6.07) is 10.1. The molecule has 0 aliphatic carbocycles. The molecule has 0 bridgehead atoms. The quantitative estimate of drug-likeness (QED) is 0.407. The number of rotatable bonds is 12. The number of carbonyl (C=O) groups excluding carboxylic acids is 1. The topological polar surface area (TPSA) is 79.7 Å². The molecule has 1 heterocycles. The zero-order valence-electron chi connectivity index (χ0n) is 17.5. The molecule has 2 aromatic rings. The van der Waals surface area contributed by atoms with Gasteiger partial charge in [-0.15, -0.1) is 0 Å². The van der Waals surface area contributed by atoms with Gasteiger partial charge in [-0.2, -0.15) is 0 Å². The van der Waals surface area contributed by atoms with Gasteiger partial charge in [-0.25, -0.2) is 0 Å². The number of hydrogen-bond donors (Lipinski definition) is 2. The van der Waals surface area contributed by atoms with E-state index >= 15 is 0 Å². The van der Waals surface area contributed by atoms with Crippen molar-refractivity contribution in [1.82, 2.24) is 4.98 Å². The van der Waals surface area contributed by atoms with Gasteiger partial charge in [0.25, 0.3) is 0 Å². The van der Waals surface area contributed by atoms with Gasteiger partial charge in [0.15, 0.2) is 0 Å². The number of pyridine rings is 1. The number of fused-ring (bicyclic) bond motifs is 1. The van der Waals surface area contributed by atoms with E-state index in [0.29, 0.717) is 12.8 Å². The first-order valence-electron chi connectivity index (χ1n) is 10.5. The Morgan fingerprint density at radius 1 is 1.17 bits per heavy atom. The lowest BCUT2D eigenvalue weighted by atomic mass is 10.0. The van der Waals surface area contributed by atoms with E-state index in [1.807, 2.05) is 30.3 Å². The van der Waals surface area contributed by atoms with Crippen LogP contribution in [0.1, 0.15) is 63.1 Å². The van der Waals surface area contributed by atoms with Gasteiger partial charge in [0.1, 0.15) is 0 Å². The predicted octanol–water partition coefficient (Wildman–Crippen LogP) is 4.44. The maximum atomic E-state index is 11.2. The highest BCUT2D eigenvalue weighted by Crippen LogP contribution is 2.21. The lowest BCUT2D eigenvalue weighted by Gasteiger charge is -2.14. The van der Waals surface area contributed by atoms with E-state index in [4.69, 9.17) is 4.98 Å². The van der Waals surface area contributed by atoms with Gasteiger partial charge in [-0.05, 0) is 43.4 Å². The summed E-state index contributed by atoms with van der Waals surface area (Å²) >= 11 is 0. The molecule has 0 radical (unpaired) electrons. The van der Waals surface area contributed by atoms with Crippen molar-refractivity contribution in [1.29, 1.82) is 0 Å².